The van der Waals surface area contributed by atoms with Crippen molar-refractivity contribution in [3.8, 4) is 5.69 Å². The van der Waals surface area contributed by atoms with Gasteiger partial charge in [0.2, 0.25) is 0 Å². The Morgan fingerprint density at radius 2 is 2.09 bits per heavy atom. The van der Waals surface area contributed by atoms with Crippen LogP contribution in [0.15, 0.2) is 43.0 Å². The fourth-order valence-corrected chi connectivity index (χ4v) is 2.12. The zero-order valence-electron chi connectivity index (χ0n) is 12.8. The molecule has 1 aromatic heterocycles. The number of carboxylic acid groups (broad SMARTS) is 1. The molecular formula is C16H18N4O3. The van der Waals surface area contributed by atoms with Crippen molar-refractivity contribution < 1.29 is 14.7 Å². The zero-order chi connectivity index (χ0) is 16.8. The smallest absolute Gasteiger partial charge is 0.326 e. The van der Waals surface area contributed by atoms with E-state index in [1.54, 1.807) is 13.0 Å². The van der Waals surface area contributed by atoms with Crippen LogP contribution in [0.4, 0.5) is 0 Å². The van der Waals surface area contributed by atoms with Crippen molar-refractivity contribution in [1.29, 1.82) is 0 Å². The number of para-hydroxylation sites is 1. The van der Waals surface area contributed by atoms with Crippen LogP contribution in [0.5, 0.6) is 0 Å². The van der Waals surface area contributed by atoms with Crippen molar-refractivity contribution in [3.05, 3.63) is 54.4 Å². The van der Waals surface area contributed by atoms with Gasteiger partial charge in [0.05, 0.1) is 11.4 Å². The summed E-state index contributed by atoms with van der Waals surface area (Å²) in [7, 11) is 0. The molecule has 1 amide bonds. The predicted molar refractivity (Wildman–Crippen MR) is 84.4 cm³/mol. The maximum atomic E-state index is 12.3. The van der Waals surface area contributed by atoms with Crippen LogP contribution in [0, 0.1) is 6.92 Å². The first kappa shape index (κ1) is 16.4. The van der Waals surface area contributed by atoms with E-state index in [-0.39, 0.29) is 12.1 Å². The van der Waals surface area contributed by atoms with Crippen LogP contribution in [0.3, 0.4) is 0 Å². The summed E-state index contributed by atoms with van der Waals surface area (Å²) in [5.41, 5.74) is 1.43. The molecule has 0 spiro atoms. The molecule has 1 aromatic carbocycles. The summed E-state index contributed by atoms with van der Waals surface area (Å²) in [5, 5.41) is 19.5. The summed E-state index contributed by atoms with van der Waals surface area (Å²) < 4.78 is 1.54. The van der Waals surface area contributed by atoms with Crippen LogP contribution >= 0.6 is 0 Å². The van der Waals surface area contributed by atoms with Gasteiger partial charge in [0.15, 0.2) is 5.69 Å². The lowest BCUT2D eigenvalue weighted by Crippen LogP contribution is -2.41. The van der Waals surface area contributed by atoms with Crippen LogP contribution in [0.25, 0.3) is 5.69 Å². The van der Waals surface area contributed by atoms with E-state index < -0.39 is 17.9 Å². The summed E-state index contributed by atoms with van der Waals surface area (Å²) >= 11 is 0. The van der Waals surface area contributed by atoms with Gasteiger partial charge < -0.3 is 10.4 Å². The maximum absolute atomic E-state index is 12.3. The van der Waals surface area contributed by atoms with Gasteiger partial charge in [-0.15, -0.1) is 11.7 Å². The highest BCUT2D eigenvalue weighted by Gasteiger charge is 2.23. The van der Waals surface area contributed by atoms with E-state index in [1.165, 1.54) is 4.68 Å². The van der Waals surface area contributed by atoms with Crippen molar-refractivity contribution in [1.82, 2.24) is 20.3 Å². The van der Waals surface area contributed by atoms with Crippen molar-refractivity contribution in [2.75, 3.05) is 0 Å². The summed E-state index contributed by atoms with van der Waals surface area (Å²) in [6.45, 7) is 5.26. The topological polar surface area (TPSA) is 97.1 Å². The number of allylic oxidation sites excluding steroid dienone is 1. The Kier molecular flexibility index (Phi) is 5.24. The lowest BCUT2D eigenvalue weighted by molar-refractivity contribution is -0.139. The van der Waals surface area contributed by atoms with Crippen LogP contribution in [-0.4, -0.2) is 38.0 Å². The molecule has 2 N–H and O–H groups in total. The fourth-order valence-electron chi connectivity index (χ4n) is 2.12. The van der Waals surface area contributed by atoms with Gasteiger partial charge in [-0.2, -0.15) is 0 Å². The second-order valence-corrected chi connectivity index (χ2v) is 5.00. The number of nitrogens with zero attached hydrogens (tertiary/aromatic N) is 3. The van der Waals surface area contributed by atoms with E-state index in [4.69, 9.17) is 5.11 Å². The average molecular weight is 314 g/mol. The molecular weight excluding hydrogens is 296 g/mol. The van der Waals surface area contributed by atoms with Crippen LogP contribution in [0.1, 0.15) is 29.0 Å². The van der Waals surface area contributed by atoms with Gasteiger partial charge >= 0.3 is 5.97 Å². The molecule has 0 radical (unpaired) electrons. The number of hydrogen-bond acceptors (Lipinski definition) is 4. The van der Waals surface area contributed by atoms with E-state index in [2.05, 4.69) is 22.2 Å². The number of rotatable bonds is 7. The standard InChI is InChI=1S/C16H18N4O3/c1-3-4-10-13(16(22)23)17-15(21)14-11(2)20(19-18-14)12-8-6-5-7-9-12/h3,5-9,13H,1,4,10H2,2H3,(H,17,21)(H,22,23). The number of carboxylic acids is 1. The molecule has 0 aliphatic carbocycles. The van der Waals surface area contributed by atoms with Gasteiger partial charge in [-0.1, -0.05) is 29.5 Å². The molecule has 23 heavy (non-hydrogen) atoms. The van der Waals surface area contributed by atoms with E-state index in [1.807, 2.05) is 30.3 Å². The third kappa shape index (κ3) is 3.82. The molecule has 1 unspecified atom stereocenters. The fraction of sp³-hybridized carbons (Fsp3) is 0.250. The largest absolute Gasteiger partial charge is 0.480 e. The summed E-state index contributed by atoms with van der Waals surface area (Å²) in [6, 6.07) is 8.28. The average Bonchev–Trinajstić information content (AvgIpc) is 2.93. The molecule has 1 atom stereocenters. The lowest BCUT2D eigenvalue weighted by atomic mass is 10.1. The molecule has 1 heterocycles. The van der Waals surface area contributed by atoms with Crippen molar-refractivity contribution >= 4 is 11.9 Å². The zero-order valence-corrected chi connectivity index (χ0v) is 12.8. The van der Waals surface area contributed by atoms with Gasteiger partial charge in [0.25, 0.3) is 5.91 Å². The lowest BCUT2D eigenvalue weighted by Gasteiger charge is -2.12. The van der Waals surface area contributed by atoms with Crippen molar-refractivity contribution in [2.24, 2.45) is 0 Å². The Labute approximate surface area is 133 Å². The molecule has 0 bridgehead atoms. The number of carbonyl (C=O) groups is 2. The number of amides is 1. The molecule has 120 valence electrons. The molecule has 7 nitrogen and oxygen atoms in total. The molecule has 2 aromatic rings. The molecule has 0 saturated carbocycles. The molecule has 7 heteroatoms. The Hall–Kier alpha value is -2.96. The Morgan fingerprint density at radius 3 is 2.70 bits per heavy atom. The predicted octanol–water partition coefficient (Wildman–Crippen LogP) is 1.72. The van der Waals surface area contributed by atoms with Crippen LogP contribution < -0.4 is 5.32 Å². The number of hydrogen-bond donors (Lipinski definition) is 2. The van der Waals surface area contributed by atoms with Gasteiger partial charge in [-0.05, 0) is 31.9 Å². The molecule has 0 saturated heterocycles. The van der Waals surface area contributed by atoms with Gasteiger partial charge in [-0.25, -0.2) is 9.48 Å². The van der Waals surface area contributed by atoms with Crippen molar-refractivity contribution in [3.63, 3.8) is 0 Å². The quantitative estimate of drug-likeness (QED) is 0.759. The van der Waals surface area contributed by atoms with Gasteiger partial charge in [0, 0.05) is 0 Å². The molecule has 0 aliphatic heterocycles. The van der Waals surface area contributed by atoms with Crippen LogP contribution in [0.2, 0.25) is 0 Å². The molecule has 2 rings (SSSR count). The Bertz CT molecular complexity index is 709. The monoisotopic (exact) mass is 314 g/mol. The van der Waals surface area contributed by atoms with E-state index in [0.29, 0.717) is 12.1 Å². The Morgan fingerprint density at radius 1 is 1.39 bits per heavy atom. The highest BCUT2D eigenvalue weighted by atomic mass is 16.4. The highest BCUT2D eigenvalue weighted by Crippen LogP contribution is 2.12. The Balaban J connectivity index is 2.18. The summed E-state index contributed by atoms with van der Waals surface area (Å²) in [6.07, 6.45) is 2.38. The second kappa shape index (κ2) is 7.35. The normalized spacial score (nSPS) is 11.7. The van der Waals surface area contributed by atoms with Crippen molar-refractivity contribution in [2.45, 2.75) is 25.8 Å². The number of nitrogens with one attached hydrogen (secondary N) is 1. The van der Waals surface area contributed by atoms with Gasteiger partial charge in [-0.3, -0.25) is 4.79 Å². The highest BCUT2D eigenvalue weighted by molar-refractivity contribution is 5.95. The molecule has 0 aliphatic rings. The summed E-state index contributed by atoms with van der Waals surface area (Å²) in [4.78, 5) is 23.5. The minimum absolute atomic E-state index is 0.110. The van der Waals surface area contributed by atoms with E-state index in [0.717, 1.165) is 5.69 Å². The maximum Gasteiger partial charge on any atom is 0.326 e. The second-order valence-electron chi connectivity index (χ2n) is 5.00. The third-order valence-electron chi connectivity index (χ3n) is 3.37. The summed E-state index contributed by atoms with van der Waals surface area (Å²) in [5.74, 6) is -1.64. The molecule has 0 fully saturated rings. The SMILES string of the molecule is C=CCCC(NC(=O)c1nnn(-c2ccccc2)c1C)C(=O)O. The number of benzene rings is 1. The van der Waals surface area contributed by atoms with Gasteiger partial charge in [0.1, 0.15) is 6.04 Å². The minimum atomic E-state index is -1.09. The van der Waals surface area contributed by atoms with E-state index in [9.17, 15) is 9.59 Å². The minimum Gasteiger partial charge on any atom is -0.480 e. The number of carbonyl (C=O) groups excluding carboxylic acids is 1. The number of aromatic nitrogens is 3. The van der Waals surface area contributed by atoms with Crippen LogP contribution in [-0.2, 0) is 4.79 Å². The number of aliphatic carboxylic acids is 1. The van der Waals surface area contributed by atoms with E-state index >= 15 is 0 Å². The first-order valence-electron chi connectivity index (χ1n) is 7.17. The third-order valence-corrected chi connectivity index (χ3v) is 3.37. The first-order chi connectivity index (χ1) is 11.0. The first-order valence-corrected chi connectivity index (χ1v) is 7.17.